The van der Waals surface area contributed by atoms with Crippen molar-refractivity contribution in [3.05, 3.63) is 86.8 Å². The standard InChI is InChI=1S/C20H16Br2N2O3S/c1-13-7-9-16(10-8-13)28(26,27)24-20(14-5-3-2-4-6-14)23-15-11-17(21)19(25)18(22)12-15/h2-12,25H,1H3,(H,23,24)/p-1. The highest BCUT2D eigenvalue weighted by Gasteiger charge is 2.16. The van der Waals surface area contributed by atoms with Crippen LogP contribution in [0.25, 0.3) is 0 Å². The van der Waals surface area contributed by atoms with Crippen LogP contribution in [0, 0.1) is 6.92 Å². The molecule has 0 fully saturated rings. The van der Waals surface area contributed by atoms with Gasteiger partial charge in [0, 0.05) is 20.2 Å². The first-order valence-corrected chi connectivity index (χ1v) is 11.2. The minimum atomic E-state index is -3.93. The zero-order valence-corrected chi connectivity index (χ0v) is 18.7. The van der Waals surface area contributed by atoms with Gasteiger partial charge in [-0.2, -0.15) is 8.42 Å². The number of benzene rings is 3. The molecule has 0 atom stereocenters. The van der Waals surface area contributed by atoms with Gasteiger partial charge < -0.3 is 10.4 Å². The van der Waals surface area contributed by atoms with E-state index in [2.05, 4.69) is 41.6 Å². The lowest BCUT2D eigenvalue weighted by Crippen LogP contribution is -2.16. The summed E-state index contributed by atoms with van der Waals surface area (Å²) < 4.78 is 30.3. The molecule has 0 radical (unpaired) electrons. The summed E-state index contributed by atoms with van der Waals surface area (Å²) in [7, 11) is -3.93. The maximum atomic E-state index is 12.8. The second-order valence-electron chi connectivity index (χ2n) is 5.99. The lowest BCUT2D eigenvalue weighted by Gasteiger charge is -2.16. The fourth-order valence-corrected chi connectivity index (χ4v) is 4.56. The minimum Gasteiger partial charge on any atom is -0.871 e. The summed E-state index contributed by atoms with van der Waals surface area (Å²) in [5.74, 6) is -0.0466. The van der Waals surface area contributed by atoms with Crippen molar-refractivity contribution in [1.82, 2.24) is 0 Å². The van der Waals surface area contributed by atoms with E-state index in [1.807, 2.05) is 13.0 Å². The molecule has 3 aromatic carbocycles. The molecule has 0 aromatic heterocycles. The molecule has 0 unspecified atom stereocenters. The number of sulfonamides is 1. The highest BCUT2D eigenvalue weighted by molar-refractivity contribution is 9.11. The summed E-state index contributed by atoms with van der Waals surface area (Å²) in [6.45, 7) is 1.88. The van der Waals surface area contributed by atoms with Gasteiger partial charge in [0.1, 0.15) is 0 Å². The van der Waals surface area contributed by atoms with E-state index < -0.39 is 10.0 Å². The molecule has 0 bridgehead atoms. The van der Waals surface area contributed by atoms with Crippen molar-refractivity contribution in [2.75, 3.05) is 5.32 Å². The van der Waals surface area contributed by atoms with Crippen LogP contribution >= 0.6 is 31.9 Å². The van der Waals surface area contributed by atoms with Gasteiger partial charge in [-0.15, -0.1) is 4.40 Å². The van der Waals surface area contributed by atoms with E-state index in [1.165, 1.54) is 12.1 Å². The summed E-state index contributed by atoms with van der Waals surface area (Å²) in [5.41, 5.74) is 2.06. The van der Waals surface area contributed by atoms with Crippen LogP contribution in [-0.4, -0.2) is 14.3 Å². The third kappa shape index (κ3) is 4.81. The van der Waals surface area contributed by atoms with Gasteiger partial charge in [0.2, 0.25) is 0 Å². The molecule has 0 amide bonds. The molecule has 0 aliphatic rings. The maximum Gasteiger partial charge on any atom is 0.284 e. The van der Waals surface area contributed by atoms with Gasteiger partial charge in [-0.3, -0.25) is 0 Å². The van der Waals surface area contributed by atoms with Gasteiger partial charge >= 0.3 is 0 Å². The number of hydrogen-bond donors (Lipinski definition) is 1. The highest BCUT2D eigenvalue weighted by Crippen LogP contribution is 2.33. The monoisotopic (exact) mass is 521 g/mol. The van der Waals surface area contributed by atoms with Crippen LogP contribution in [-0.2, 0) is 10.0 Å². The molecule has 5 nitrogen and oxygen atoms in total. The molecule has 0 saturated heterocycles. The second-order valence-corrected chi connectivity index (χ2v) is 9.30. The Morgan fingerprint density at radius 1 is 0.964 bits per heavy atom. The van der Waals surface area contributed by atoms with Gasteiger partial charge in [-0.1, -0.05) is 85.6 Å². The van der Waals surface area contributed by atoms with E-state index in [9.17, 15) is 13.5 Å². The molecular formula is C20H15Br2N2O3S-. The molecular weight excluding hydrogens is 508 g/mol. The van der Waals surface area contributed by atoms with E-state index >= 15 is 0 Å². The summed E-state index contributed by atoms with van der Waals surface area (Å²) in [6, 6.07) is 18.5. The molecule has 3 aromatic rings. The molecule has 1 N–H and O–H groups in total. The predicted molar refractivity (Wildman–Crippen MR) is 116 cm³/mol. The fraction of sp³-hybridized carbons (Fsp3) is 0.0500. The topological polar surface area (TPSA) is 81.6 Å². The highest BCUT2D eigenvalue weighted by atomic mass is 79.9. The molecule has 28 heavy (non-hydrogen) atoms. The lowest BCUT2D eigenvalue weighted by molar-refractivity contribution is -0.270. The first kappa shape index (κ1) is 20.6. The zero-order chi connectivity index (χ0) is 20.3. The van der Waals surface area contributed by atoms with Crippen molar-refractivity contribution < 1.29 is 13.5 Å². The van der Waals surface area contributed by atoms with E-state index in [0.29, 0.717) is 20.2 Å². The Hall–Kier alpha value is -2.16. The number of hydrogen-bond acceptors (Lipinski definition) is 3. The van der Waals surface area contributed by atoms with Crippen LogP contribution < -0.4 is 10.4 Å². The van der Waals surface area contributed by atoms with Crippen LogP contribution in [0.2, 0.25) is 0 Å². The third-order valence-corrected chi connectivity index (χ3v) is 6.31. The third-order valence-electron chi connectivity index (χ3n) is 3.84. The molecule has 0 aliphatic heterocycles. The Balaban J connectivity index is 2.07. The molecule has 0 aliphatic carbocycles. The van der Waals surface area contributed by atoms with Crippen molar-refractivity contribution in [2.24, 2.45) is 4.40 Å². The van der Waals surface area contributed by atoms with Crippen molar-refractivity contribution in [3.8, 4) is 5.75 Å². The molecule has 144 valence electrons. The van der Waals surface area contributed by atoms with E-state index in [4.69, 9.17) is 0 Å². The second kappa shape index (κ2) is 8.46. The van der Waals surface area contributed by atoms with Gasteiger partial charge in [0.05, 0.1) is 4.90 Å². The van der Waals surface area contributed by atoms with Gasteiger partial charge in [-0.25, -0.2) is 0 Å². The largest absolute Gasteiger partial charge is 0.871 e. The Morgan fingerprint density at radius 2 is 1.54 bits per heavy atom. The Morgan fingerprint density at radius 3 is 2.11 bits per heavy atom. The van der Waals surface area contributed by atoms with Crippen LogP contribution in [0.3, 0.4) is 0 Å². The first-order valence-electron chi connectivity index (χ1n) is 8.16. The number of rotatable bonds is 4. The van der Waals surface area contributed by atoms with Crippen LogP contribution in [0.1, 0.15) is 11.1 Å². The number of nitrogens with zero attached hydrogens (tertiary/aromatic N) is 1. The average Bonchev–Trinajstić information content (AvgIpc) is 2.66. The molecule has 0 heterocycles. The molecule has 3 rings (SSSR count). The number of anilines is 1. The van der Waals surface area contributed by atoms with Gasteiger partial charge in [-0.05, 0) is 31.2 Å². The normalized spacial score (nSPS) is 12.0. The summed E-state index contributed by atoms with van der Waals surface area (Å²) in [6.07, 6.45) is 0. The van der Waals surface area contributed by atoms with Gasteiger partial charge in [0.25, 0.3) is 10.0 Å². The predicted octanol–water partition coefficient (Wildman–Crippen LogP) is 4.84. The van der Waals surface area contributed by atoms with E-state index in [-0.39, 0.29) is 16.5 Å². The number of aryl methyl sites for hydroxylation is 1. The Kier molecular flexibility index (Phi) is 6.22. The van der Waals surface area contributed by atoms with E-state index in [0.717, 1.165) is 5.56 Å². The van der Waals surface area contributed by atoms with Crippen molar-refractivity contribution >= 4 is 53.4 Å². The minimum absolute atomic E-state index is 0.102. The fourth-order valence-electron chi connectivity index (χ4n) is 2.40. The smallest absolute Gasteiger partial charge is 0.284 e. The van der Waals surface area contributed by atoms with Crippen LogP contribution in [0.5, 0.6) is 5.75 Å². The van der Waals surface area contributed by atoms with Crippen molar-refractivity contribution in [1.29, 1.82) is 0 Å². The van der Waals surface area contributed by atoms with Crippen molar-refractivity contribution in [2.45, 2.75) is 11.8 Å². The number of amidine groups is 1. The Bertz CT molecular complexity index is 1110. The van der Waals surface area contributed by atoms with Gasteiger partial charge in [0.15, 0.2) is 5.84 Å². The Labute approximate surface area is 180 Å². The summed E-state index contributed by atoms with van der Waals surface area (Å²) in [5, 5.41) is 14.9. The summed E-state index contributed by atoms with van der Waals surface area (Å²) in [4.78, 5) is 0.102. The lowest BCUT2D eigenvalue weighted by atomic mass is 10.2. The quantitative estimate of drug-likeness (QED) is 0.392. The van der Waals surface area contributed by atoms with Crippen LogP contribution in [0.4, 0.5) is 5.69 Å². The molecule has 8 heteroatoms. The molecule has 0 spiro atoms. The number of nitrogens with one attached hydrogen (secondary N) is 1. The number of halogens is 2. The van der Waals surface area contributed by atoms with Crippen LogP contribution in [0.15, 0.2) is 85.0 Å². The maximum absolute atomic E-state index is 12.8. The average molecular weight is 523 g/mol. The van der Waals surface area contributed by atoms with Crippen molar-refractivity contribution in [3.63, 3.8) is 0 Å². The molecule has 0 saturated carbocycles. The summed E-state index contributed by atoms with van der Waals surface area (Å²) >= 11 is 6.41. The zero-order valence-electron chi connectivity index (χ0n) is 14.7. The first-order chi connectivity index (χ1) is 13.3. The van der Waals surface area contributed by atoms with E-state index in [1.54, 1.807) is 48.5 Å². The SMILES string of the molecule is Cc1ccc(S(=O)(=O)N=C(Nc2cc(Br)c([O-])c(Br)c2)c2ccccc2)cc1.